The van der Waals surface area contributed by atoms with Gasteiger partial charge in [0, 0.05) is 5.39 Å². The van der Waals surface area contributed by atoms with Crippen LogP contribution in [0, 0.1) is 18.6 Å². The maximum absolute atomic E-state index is 10.4. The van der Waals surface area contributed by atoms with Crippen LogP contribution in [-0.4, -0.2) is 19.9 Å². The van der Waals surface area contributed by atoms with E-state index in [9.17, 15) is 5.11 Å². The first-order valence-electron chi connectivity index (χ1n) is 8.02. The highest BCUT2D eigenvalue weighted by Gasteiger charge is 2.16. The van der Waals surface area contributed by atoms with E-state index in [1.54, 1.807) is 6.07 Å². The average Bonchev–Trinajstić information content (AvgIpc) is 2.97. The fourth-order valence-corrected chi connectivity index (χ4v) is 3.39. The third-order valence-electron chi connectivity index (χ3n) is 4.43. The quantitative estimate of drug-likeness (QED) is 0.498. The molecule has 1 aromatic heterocycles. The van der Waals surface area contributed by atoms with Crippen molar-refractivity contribution in [3.05, 3.63) is 70.5 Å². The summed E-state index contributed by atoms with van der Waals surface area (Å²) >= 11 is 5.48. The molecule has 0 spiro atoms. The van der Waals surface area contributed by atoms with Gasteiger partial charge in [0.25, 0.3) is 0 Å². The molecule has 0 unspecified atom stereocenters. The van der Waals surface area contributed by atoms with Crippen LogP contribution in [0.15, 0.2) is 54.6 Å². The van der Waals surface area contributed by atoms with E-state index in [1.165, 1.54) is 10.9 Å². The molecule has 0 fully saturated rings. The van der Waals surface area contributed by atoms with Gasteiger partial charge in [0.2, 0.25) is 0 Å². The number of nitrogens with zero attached hydrogens (tertiary/aromatic N) is 2. The van der Waals surface area contributed by atoms with Gasteiger partial charge >= 0.3 is 0 Å². The highest BCUT2D eigenvalue weighted by Crippen LogP contribution is 2.33. The lowest BCUT2D eigenvalue weighted by Crippen LogP contribution is -2.00. The first kappa shape index (κ1) is 15.6. The first-order valence-corrected chi connectivity index (χ1v) is 8.43. The number of fused-ring (bicyclic) bond motifs is 1. The molecule has 4 nitrogen and oxygen atoms in total. The number of phenolic OH excluding ortho intramolecular Hbond substituents is 1. The molecule has 0 aliphatic carbocycles. The third kappa shape index (κ3) is 2.53. The summed E-state index contributed by atoms with van der Waals surface area (Å²) in [6, 6.07) is 17.9. The van der Waals surface area contributed by atoms with Crippen molar-refractivity contribution in [3.8, 4) is 22.8 Å². The van der Waals surface area contributed by atoms with E-state index in [0.717, 1.165) is 16.6 Å². The smallest absolute Gasteiger partial charge is 0.200 e. The minimum atomic E-state index is 0.187. The second-order valence-corrected chi connectivity index (χ2v) is 6.54. The average molecular weight is 347 g/mol. The molecule has 0 radical (unpaired) electrons. The largest absolute Gasteiger partial charge is 0.507 e. The van der Waals surface area contributed by atoms with Crippen LogP contribution >= 0.6 is 12.2 Å². The Kier molecular flexibility index (Phi) is 3.66. The molecule has 0 saturated heterocycles. The van der Waals surface area contributed by atoms with Crippen LogP contribution in [0.1, 0.15) is 11.1 Å². The second kappa shape index (κ2) is 5.86. The molecule has 0 saturated carbocycles. The Balaban J connectivity index is 2.04. The zero-order chi connectivity index (χ0) is 17.6. The monoisotopic (exact) mass is 347 g/mol. The van der Waals surface area contributed by atoms with E-state index >= 15 is 0 Å². The highest BCUT2D eigenvalue weighted by atomic mass is 32.1. The number of hydrogen-bond donors (Lipinski definition) is 2. The Morgan fingerprint density at radius 3 is 2.52 bits per heavy atom. The Labute approximate surface area is 150 Å². The number of aryl methyl sites for hydroxylation is 2. The molecule has 4 aromatic rings. The molecule has 0 aliphatic rings. The predicted octanol–water partition coefficient (Wildman–Crippen LogP) is 5.07. The maximum atomic E-state index is 10.4. The number of rotatable bonds is 2. The minimum Gasteiger partial charge on any atom is -0.507 e. The summed E-state index contributed by atoms with van der Waals surface area (Å²) in [7, 11) is 0. The number of nitrogens with one attached hydrogen (secondary N) is 1. The summed E-state index contributed by atoms with van der Waals surface area (Å²) in [6.07, 6.45) is 0. The van der Waals surface area contributed by atoms with Crippen LogP contribution in [0.3, 0.4) is 0 Å². The van der Waals surface area contributed by atoms with Crippen LogP contribution in [0.2, 0.25) is 0 Å². The lowest BCUT2D eigenvalue weighted by atomic mass is 10.0. The molecule has 1 heterocycles. The molecule has 0 atom stereocenters. The van der Waals surface area contributed by atoms with E-state index in [1.807, 2.05) is 41.8 Å². The highest BCUT2D eigenvalue weighted by molar-refractivity contribution is 7.71. The molecule has 124 valence electrons. The molecule has 4 rings (SSSR count). The first-order chi connectivity index (χ1) is 12.1. The molecule has 3 aromatic carbocycles. The van der Waals surface area contributed by atoms with Crippen molar-refractivity contribution in [2.24, 2.45) is 0 Å². The number of benzene rings is 3. The van der Waals surface area contributed by atoms with Gasteiger partial charge in [0.1, 0.15) is 5.75 Å². The lowest BCUT2D eigenvalue weighted by molar-refractivity contribution is 0.476. The van der Waals surface area contributed by atoms with Gasteiger partial charge < -0.3 is 5.11 Å². The third-order valence-corrected chi connectivity index (χ3v) is 4.70. The number of phenols is 1. The second-order valence-electron chi connectivity index (χ2n) is 6.16. The fraction of sp³-hybridized carbons (Fsp3) is 0.100. The SMILES string of the molecule is Cc1ccc(-c2n[nH]c(=S)n2-c2ccc(C)c3ccccc23)c(O)c1. The molecule has 0 aliphatic heterocycles. The zero-order valence-electron chi connectivity index (χ0n) is 13.9. The number of aromatic amines is 1. The van der Waals surface area contributed by atoms with Gasteiger partial charge in [0.05, 0.1) is 11.3 Å². The van der Waals surface area contributed by atoms with Gasteiger partial charge in [-0.15, -0.1) is 0 Å². The Morgan fingerprint density at radius 2 is 1.76 bits per heavy atom. The van der Waals surface area contributed by atoms with Crippen molar-refractivity contribution < 1.29 is 5.11 Å². The predicted molar refractivity (Wildman–Crippen MR) is 103 cm³/mol. The molecule has 2 N–H and O–H groups in total. The Bertz CT molecular complexity index is 1160. The summed E-state index contributed by atoms with van der Waals surface area (Å²) in [4.78, 5) is 0. The molecular weight excluding hydrogens is 330 g/mol. The van der Waals surface area contributed by atoms with Crippen molar-refractivity contribution >= 4 is 23.0 Å². The van der Waals surface area contributed by atoms with Gasteiger partial charge in [-0.3, -0.25) is 9.67 Å². The topological polar surface area (TPSA) is 53.8 Å². The molecule has 25 heavy (non-hydrogen) atoms. The molecule has 0 bridgehead atoms. The van der Waals surface area contributed by atoms with Crippen molar-refractivity contribution in [1.82, 2.24) is 14.8 Å². The lowest BCUT2D eigenvalue weighted by Gasteiger charge is -2.13. The Morgan fingerprint density at radius 1 is 1.00 bits per heavy atom. The van der Waals surface area contributed by atoms with Crippen molar-refractivity contribution in [1.29, 1.82) is 0 Å². The van der Waals surface area contributed by atoms with Crippen LogP contribution in [0.5, 0.6) is 5.75 Å². The maximum Gasteiger partial charge on any atom is 0.200 e. The standard InChI is InChI=1S/C20H17N3OS/c1-12-7-9-16(18(24)11-12)19-21-22-20(25)23(19)17-10-8-13(2)14-5-3-4-6-15(14)17/h3-11,24H,1-2H3,(H,22,25). The molecule has 0 amide bonds. The van der Waals surface area contributed by atoms with Crippen molar-refractivity contribution in [2.75, 3.05) is 0 Å². The van der Waals surface area contributed by atoms with Gasteiger partial charge in [-0.2, -0.15) is 5.10 Å². The number of H-pyrrole nitrogens is 1. The van der Waals surface area contributed by atoms with Crippen molar-refractivity contribution in [3.63, 3.8) is 0 Å². The van der Waals surface area contributed by atoms with E-state index < -0.39 is 0 Å². The van der Waals surface area contributed by atoms with Crippen LogP contribution in [0.4, 0.5) is 0 Å². The van der Waals surface area contributed by atoms with Gasteiger partial charge in [-0.05, 0) is 60.8 Å². The number of hydrogen-bond acceptors (Lipinski definition) is 3. The number of aromatic hydroxyl groups is 1. The van der Waals surface area contributed by atoms with Gasteiger partial charge in [0.15, 0.2) is 10.6 Å². The van der Waals surface area contributed by atoms with Crippen LogP contribution in [-0.2, 0) is 0 Å². The van der Waals surface area contributed by atoms with Crippen LogP contribution < -0.4 is 0 Å². The van der Waals surface area contributed by atoms with Crippen LogP contribution in [0.25, 0.3) is 27.8 Å². The summed E-state index contributed by atoms with van der Waals surface area (Å²) in [5, 5.41) is 19.9. The summed E-state index contributed by atoms with van der Waals surface area (Å²) < 4.78 is 2.37. The zero-order valence-corrected chi connectivity index (χ0v) is 14.8. The van der Waals surface area contributed by atoms with Gasteiger partial charge in [-0.25, -0.2) is 0 Å². The normalized spacial score (nSPS) is 11.1. The van der Waals surface area contributed by atoms with E-state index in [4.69, 9.17) is 12.2 Å². The Hall–Kier alpha value is -2.92. The van der Waals surface area contributed by atoms with Crippen molar-refractivity contribution in [2.45, 2.75) is 13.8 Å². The number of aromatic nitrogens is 3. The van der Waals surface area contributed by atoms with E-state index in [2.05, 4.69) is 35.3 Å². The fourth-order valence-electron chi connectivity index (χ4n) is 3.16. The molecular formula is C20H17N3OS. The van der Waals surface area contributed by atoms with Gasteiger partial charge in [-0.1, -0.05) is 36.4 Å². The summed E-state index contributed by atoms with van der Waals surface area (Å²) in [5.74, 6) is 0.781. The van der Waals surface area contributed by atoms with E-state index in [0.29, 0.717) is 16.2 Å². The minimum absolute atomic E-state index is 0.187. The molecule has 5 heteroatoms. The van der Waals surface area contributed by atoms with E-state index in [-0.39, 0.29) is 5.75 Å². The summed E-state index contributed by atoms with van der Waals surface area (Å²) in [6.45, 7) is 4.03. The summed E-state index contributed by atoms with van der Waals surface area (Å²) in [5.41, 5.74) is 3.77.